The first-order chi connectivity index (χ1) is 8.33. The molecule has 0 amide bonds. The molecule has 0 saturated carbocycles. The summed E-state index contributed by atoms with van der Waals surface area (Å²) in [5.74, 6) is 0.0818. The number of imidazole rings is 1. The summed E-state index contributed by atoms with van der Waals surface area (Å²) in [6.45, 7) is 5.46. The van der Waals surface area contributed by atoms with E-state index < -0.39 is 10.3 Å². The van der Waals surface area contributed by atoms with E-state index >= 15 is 0 Å². The Morgan fingerprint density at radius 1 is 1.72 bits per heavy atom. The van der Waals surface area contributed by atoms with Gasteiger partial charge in [0.25, 0.3) is 0 Å². The highest BCUT2D eigenvalue weighted by atomic mass is 35.5. The van der Waals surface area contributed by atoms with Crippen LogP contribution in [0.3, 0.4) is 0 Å². The highest BCUT2D eigenvalue weighted by Crippen LogP contribution is 2.22. The molecule has 8 heteroatoms. The molecule has 0 spiro atoms. The SMILES string of the molecule is Cc1c([N+](=O)[O-])ncn1CC(=NO)C(C)(C)CCl. The maximum atomic E-state index is 10.7. The van der Waals surface area contributed by atoms with Gasteiger partial charge < -0.3 is 19.9 Å². The van der Waals surface area contributed by atoms with Gasteiger partial charge in [-0.1, -0.05) is 19.0 Å². The summed E-state index contributed by atoms with van der Waals surface area (Å²) in [7, 11) is 0. The monoisotopic (exact) mass is 274 g/mol. The highest BCUT2D eigenvalue weighted by molar-refractivity contribution is 6.20. The van der Waals surface area contributed by atoms with Gasteiger partial charge >= 0.3 is 5.82 Å². The van der Waals surface area contributed by atoms with Gasteiger partial charge in [-0.3, -0.25) is 0 Å². The molecule has 7 nitrogen and oxygen atoms in total. The van der Waals surface area contributed by atoms with E-state index in [-0.39, 0.29) is 18.2 Å². The Morgan fingerprint density at radius 2 is 2.33 bits per heavy atom. The van der Waals surface area contributed by atoms with Gasteiger partial charge in [-0.25, -0.2) is 0 Å². The van der Waals surface area contributed by atoms with Crippen molar-refractivity contribution in [3.05, 3.63) is 22.1 Å². The second kappa shape index (κ2) is 5.34. The lowest BCUT2D eigenvalue weighted by molar-refractivity contribution is -0.389. The van der Waals surface area contributed by atoms with Crippen molar-refractivity contribution in [2.24, 2.45) is 10.6 Å². The molecule has 1 N–H and O–H groups in total. The minimum atomic E-state index is -0.547. The van der Waals surface area contributed by atoms with Crippen LogP contribution in [0.2, 0.25) is 0 Å². The van der Waals surface area contributed by atoms with Gasteiger partial charge in [0.15, 0.2) is 0 Å². The van der Waals surface area contributed by atoms with E-state index in [0.29, 0.717) is 11.4 Å². The van der Waals surface area contributed by atoms with Crippen LogP contribution in [0.15, 0.2) is 11.5 Å². The van der Waals surface area contributed by atoms with Crippen LogP contribution in [0.25, 0.3) is 0 Å². The number of nitrogens with zero attached hydrogens (tertiary/aromatic N) is 4. The molecule has 0 atom stereocenters. The van der Waals surface area contributed by atoms with Crippen LogP contribution in [0.4, 0.5) is 5.82 Å². The lowest BCUT2D eigenvalue weighted by Gasteiger charge is -2.22. The number of hydrogen-bond donors (Lipinski definition) is 1. The third-order valence-electron chi connectivity index (χ3n) is 2.80. The normalized spacial score (nSPS) is 12.8. The number of alkyl halides is 1. The fraction of sp³-hybridized carbons (Fsp3) is 0.600. The molecule has 0 radical (unpaired) electrons. The van der Waals surface area contributed by atoms with Gasteiger partial charge in [-0.05, 0) is 16.8 Å². The van der Waals surface area contributed by atoms with E-state index in [1.807, 2.05) is 13.8 Å². The van der Waals surface area contributed by atoms with Gasteiger partial charge in [0.2, 0.25) is 6.33 Å². The molecule has 18 heavy (non-hydrogen) atoms. The largest absolute Gasteiger partial charge is 0.411 e. The highest BCUT2D eigenvalue weighted by Gasteiger charge is 2.27. The number of aromatic nitrogens is 2. The van der Waals surface area contributed by atoms with Crippen LogP contribution < -0.4 is 0 Å². The molecule has 100 valence electrons. The Morgan fingerprint density at radius 3 is 2.72 bits per heavy atom. The second-order valence-electron chi connectivity index (χ2n) is 4.60. The molecule has 0 unspecified atom stereocenters. The van der Waals surface area contributed by atoms with Crippen molar-refractivity contribution in [2.75, 3.05) is 5.88 Å². The quantitative estimate of drug-likeness (QED) is 0.293. The van der Waals surface area contributed by atoms with E-state index in [1.54, 1.807) is 11.5 Å². The molecule has 0 saturated heterocycles. The van der Waals surface area contributed by atoms with Crippen LogP contribution in [-0.2, 0) is 6.54 Å². The summed E-state index contributed by atoms with van der Waals surface area (Å²) >= 11 is 5.80. The van der Waals surface area contributed by atoms with Gasteiger partial charge in [-0.15, -0.1) is 11.6 Å². The van der Waals surface area contributed by atoms with Gasteiger partial charge in [0, 0.05) is 11.3 Å². The maximum Gasteiger partial charge on any atom is 0.384 e. The van der Waals surface area contributed by atoms with Crippen molar-refractivity contribution in [3.63, 3.8) is 0 Å². The topological polar surface area (TPSA) is 93.5 Å². The number of rotatable bonds is 5. The van der Waals surface area contributed by atoms with Crippen LogP contribution in [0.1, 0.15) is 19.5 Å². The first kappa shape index (κ1) is 14.4. The molecular weight excluding hydrogens is 260 g/mol. The number of nitro groups is 1. The Kier molecular flexibility index (Phi) is 4.28. The Balaban J connectivity index is 3.01. The van der Waals surface area contributed by atoms with Crippen molar-refractivity contribution < 1.29 is 10.1 Å². The Labute approximate surface area is 109 Å². The van der Waals surface area contributed by atoms with Crippen molar-refractivity contribution in [1.82, 2.24) is 9.55 Å². The van der Waals surface area contributed by atoms with E-state index in [0.717, 1.165) is 0 Å². The Hall–Kier alpha value is -1.63. The van der Waals surface area contributed by atoms with Crippen molar-refractivity contribution in [3.8, 4) is 0 Å². The lowest BCUT2D eigenvalue weighted by Crippen LogP contribution is -2.30. The predicted molar refractivity (Wildman–Crippen MR) is 67.3 cm³/mol. The molecule has 0 fully saturated rings. The average Bonchev–Trinajstić information content (AvgIpc) is 2.67. The summed E-state index contributed by atoms with van der Waals surface area (Å²) < 4.78 is 1.56. The third kappa shape index (κ3) is 2.79. The summed E-state index contributed by atoms with van der Waals surface area (Å²) in [6.07, 6.45) is 1.35. The molecule has 1 aromatic rings. The molecule has 0 aliphatic carbocycles. The molecule has 1 heterocycles. The van der Waals surface area contributed by atoms with E-state index in [9.17, 15) is 10.1 Å². The molecule has 0 aliphatic heterocycles. The molecule has 0 aliphatic rings. The minimum Gasteiger partial charge on any atom is -0.411 e. The molecule has 0 aromatic carbocycles. The Bertz CT molecular complexity index is 481. The third-order valence-corrected chi connectivity index (χ3v) is 3.47. The first-order valence-electron chi connectivity index (χ1n) is 5.27. The maximum absolute atomic E-state index is 10.7. The fourth-order valence-corrected chi connectivity index (χ4v) is 1.55. The number of halogens is 1. The van der Waals surface area contributed by atoms with Crippen LogP contribution in [0, 0.1) is 22.5 Å². The molecular formula is C10H15ClN4O3. The summed E-state index contributed by atoms with van der Waals surface area (Å²) in [5, 5.41) is 22.9. The van der Waals surface area contributed by atoms with Crippen LogP contribution >= 0.6 is 11.6 Å². The zero-order valence-electron chi connectivity index (χ0n) is 10.4. The number of oxime groups is 1. The van der Waals surface area contributed by atoms with E-state index in [4.69, 9.17) is 16.8 Å². The zero-order valence-corrected chi connectivity index (χ0v) is 11.2. The van der Waals surface area contributed by atoms with E-state index in [1.165, 1.54) is 6.33 Å². The fourth-order valence-electron chi connectivity index (χ4n) is 1.39. The van der Waals surface area contributed by atoms with Crippen LogP contribution in [-0.4, -0.2) is 31.3 Å². The standard InChI is InChI=1S/C10H15ClN4O3/c1-7-9(15(17)18)12-6-14(7)4-8(13-16)10(2,3)5-11/h6,16H,4-5H2,1-3H3. The van der Waals surface area contributed by atoms with Crippen molar-refractivity contribution in [1.29, 1.82) is 0 Å². The summed E-state index contributed by atoms with van der Waals surface area (Å²) in [6, 6.07) is 0. The molecule has 0 bridgehead atoms. The minimum absolute atomic E-state index is 0.198. The van der Waals surface area contributed by atoms with Crippen molar-refractivity contribution >= 4 is 23.1 Å². The van der Waals surface area contributed by atoms with Gasteiger partial charge in [-0.2, -0.15) is 0 Å². The first-order valence-corrected chi connectivity index (χ1v) is 5.80. The van der Waals surface area contributed by atoms with Gasteiger partial charge in [0.1, 0.15) is 5.69 Å². The number of hydrogen-bond acceptors (Lipinski definition) is 5. The average molecular weight is 275 g/mol. The smallest absolute Gasteiger partial charge is 0.384 e. The second-order valence-corrected chi connectivity index (χ2v) is 4.87. The molecule has 1 rings (SSSR count). The summed E-state index contributed by atoms with van der Waals surface area (Å²) in [4.78, 5) is 13.8. The predicted octanol–water partition coefficient (Wildman–Crippen LogP) is 2.19. The summed E-state index contributed by atoms with van der Waals surface area (Å²) in [5.41, 5.74) is 0.348. The molecule has 1 aromatic heterocycles. The van der Waals surface area contributed by atoms with Crippen LogP contribution in [0.5, 0.6) is 0 Å². The zero-order chi connectivity index (χ0) is 13.9. The lowest BCUT2D eigenvalue weighted by atomic mass is 9.89. The van der Waals surface area contributed by atoms with Crippen molar-refractivity contribution in [2.45, 2.75) is 27.3 Å². The van der Waals surface area contributed by atoms with E-state index in [2.05, 4.69) is 10.1 Å². The van der Waals surface area contributed by atoms with Gasteiger partial charge in [0.05, 0.1) is 12.3 Å².